The lowest BCUT2D eigenvalue weighted by atomic mass is 9.94. The lowest BCUT2D eigenvalue weighted by Gasteiger charge is -2.30. The van der Waals surface area contributed by atoms with E-state index in [-0.39, 0.29) is 12.1 Å². The van der Waals surface area contributed by atoms with Gasteiger partial charge in [0.05, 0.1) is 17.8 Å². The van der Waals surface area contributed by atoms with Crippen molar-refractivity contribution in [1.82, 2.24) is 15.5 Å². The minimum Gasteiger partial charge on any atom is -0.486 e. The molecule has 1 fully saturated rings. The Hall–Kier alpha value is -2.67. The van der Waals surface area contributed by atoms with E-state index in [2.05, 4.69) is 15.5 Å². The van der Waals surface area contributed by atoms with Gasteiger partial charge >= 0.3 is 6.03 Å². The molecule has 2 aromatic rings. The molecule has 4 rings (SSSR count). The van der Waals surface area contributed by atoms with Gasteiger partial charge in [0, 0.05) is 6.54 Å². The number of ether oxygens (including phenoxy) is 2. The van der Waals surface area contributed by atoms with Gasteiger partial charge in [-0.1, -0.05) is 6.07 Å². The third kappa shape index (κ3) is 4.50. The highest BCUT2D eigenvalue weighted by Gasteiger charge is 2.28. The monoisotopic (exact) mass is 399 g/mol. The van der Waals surface area contributed by atoms with E-state index in [1.54, 1.807) is 6.26 Å². The van der Waals surface area contributed by atoms with Crippen LogP contribution >= 0.6 is 0 Å². The van der Waals surface area contributed by atoms with Gasteiger partial charge in [-0.2, -0.15) is 0 Å². The molecule has 1 aromatic carbocycles. The van der Waals surface area contributed by atoms with Crippen molar-refractivity contribution in [1.29, 1.82) is 0 Å². The van der Waals surface area contributed by atoms with Crippen molar-refractivity contribution in [2.45, 2.75) is 38.3 Å². The maximum absolute atomic E-state index is 12.7. The van der Waals surface area contributed by atoms with Crippen LogP contribution in [0.2, 0.25) is 0 Å². The molecule has 2 N–H and O–H groups in total. The summed E-state index contributed by atoms with van der Waals surface area (Å²) < 4.78 is 16.9. The average Bonchev–Trinajstić information content (AvgIpc) is 3.42. The van der Waals surface area contributed by atoms with E-state index in [9.17, 15) is 4.79 Å². The molecule has 2 amide bonds. The topological polar surface area (TPSA) is 76.0 Å². The van der Waals surface area contributed by atoms with E-state index in [1.165, 1.54) is 12.8 Å². The fraction of sp³-hybridized carbons (Fsp3) is 0.500. The van der Waals surface area contributed by atoms with E-state index >= 15 is 0 Å². The van der Waals surface area contributed by atoms with Gasteiger partial charge in [-0.25, -0.2) is 4.79 Å². The van der Waals surface area contributed by atoms with E-state index in [1.807, 2.05) is 44.2 Å². The molecule has 7 nitrogen and oxygen atoms in total. The number of nitrogens with zero attached hydrogens (tertiary/aromatic N) is 1. The van der Waals surface area contributed by atoms with E-state index in [0.717, 1.165) is 35.9 Å². The SMILES string of the molecule is CC(C)(NC(=O)NC[C@@H](c1ccco1)N1CCCC1)c1ccc2c(c1)OCCO2. The smallest absolute Gasteiger partial charge is 0.315 e. The summed E-state index contributed by atoms with van der Waals surface area (Å²) >= 11 is 0. The fourth-order valence-electron chi connectivity index (χ4n) is 3.97. The van der Waals surface area contributed by atoms with Crippen molar-refractivity contribution in [3.8, 4) is 11.5 Å². The van der Waals surface area contributed by atoms with E-state index in [4.69, 9.17) is 13.9 Å². The normalized spacial score (nSPS) is 17.7. The van der Waals surface area contributed by atoms with Crippen LogP contribution in [-0.2, 0) is 5.54 Å². The molecule has 1 aromatic heterocycles. The highest BCUT2D eigenvalue weighted by Crippen LogP contribution is 2.34. The quantitative estimate of drug-likeness (QED) is 0.778. The summed E-state index contributed by atoms with van der Waals surface area (Å²) in [4.78, 5) is 15.0. The summed E-state index contributed by atoms with van der Waals surface area (Å²) in [5.41, 5.74) is 0.396. The molecule has 2 aliphatic heterocycles. The Bertz CT molecular complexity index is 829. The lowest BCUT2D eigenvalue weighted by molar-refractivity contribution is 0.171. The molecule has 1 atom stereocenters. The predicted molar refractivity (Wildman–Crippen MR) is 109 cm³/mol. The van der Waals surface area contributed by atoms with Crippen LogP contribution in [0.5, 0.6) is 11.5 Å². The summed E-state index contributed by atoms with van der Waals surface area (Å²) in [6.45, 7) is 7.59. The third-order valence-electron chi connectivity index (χ3n) is 5.60. The third-order valence-corrected chi connectivity index (χ3v) is 5.60. The van der Waals surface area contributed by atoms with Crippen LogP contribution < -0.4 is 20.1 Å². The molecule has 3 heterocycles. The molecule has 156 valence electrons. The molecule has 0 bridgehead atoms. The molecule has 29 heavy (non-hydrogen) atoms. The first kappa shape index (κ1) is 19.6. The summed E-state index contributed by atoms with van der Waals surface area (Å²) in [6, 6.07) is 9.50. The highest BCUT2D eigenvalue weighted by molar-refractivity contribution is 5.75. The van der Waals surface area contributed by atoms with Crippen LogP contribution in [-0.4, -0.2) is 43.8 Å². The fourth-order valence-corrected chi connectivity index (χ4v) is 3.97. The molecule has 0 radical (unpaired) electrons. The standard InChI is InChI=1S/C22H29N3O4/c1-22(2,16-7-8-19-20(14-16)29-13-12-28-19)24-21(26)23-15-17(18-6-5-11-27-18)25-9-3-4-10-25/h5-8,11,14,17H,3-4,9-10,12-13,15H2,1-2H3,(H2,23,24,26)/t17-/m0/s1. The zero-order valence-electron chi connectivity index (χ0n) is 17.1. The second-order valence-electron chi connectivity index (χ2n) is 8.09. The van der Waals surface area contributed by atoms with Crippen LogP contribution in [0, 0.1) is 0 Å². The molecular formula is C22H29N3O4. The summed E-state index contributed by atoms with van der Waals surface area (Å²) in [5.74, 6) is 2.35. The molecule has 0 spiro atoms. The van der Waals surface area contributed by atoms with Crippen LogP contribution in [0.1, 0.15) is 44.1 Å². The first-order valence-corrected chi connectivity index (χ1v) is 10.3. The van der Waals surface area contributed by atoms with Gasteiger partial charge in [0.2, 0.25) is 0 Å². The first-order chi connectivity index (χ1) is 14.0. The predicted octanol–water partition coefficient (Wildman–Crippen LogP) is 3.42. The van der Waals surface area contributed by atoms with Crippen LogP contribution in [0.3, 0.4) is 0 Å². The van der Waals surface area contributed by atoms with Crippen LogP contribution in [0.4, 0.5) is 4.79 Å². The average molecular weight is 399 g/mol. The minimum atomic E-state index is -0.562. The van der Waals surface area contributed by atoms with Gasteiger partial charge in [-0.3, -0.25) is 4.90 Å². The molecule has 0 saturated carbocycles. The number of fused-ring (bicyclic) bond motifs is 1. The second-order valence-corrected chi connectivity index (χ2v) is 8.09. The van der Waals surface area contributed by atoms with Gasteiger partial charge in [0.15, 0.2) is 11.5 Å². The Labute approximate surface area is 171 Å². The molecule has 7 heteroatoms. The number of carbonyl (C=O) groups is 1. The minimum absolute atomic E-state index is 0.0515. The number of nitrogens with one attached hydrogen (secondary N) is 2. The van der Waals surface area contributed by atoms with Gasteiger partial charge in [-0.05, 0) is 69.6 Å². The zero-order valence-corrected chi connectivity index (χ0v) is 17.1. The van der Waals surface area contributed by atoms with Gasteiger partial charge < -0.3 is 24.5 Å². The summed E-state index contributed by atoms with van der Waals surface area (Å²) in [5, 5.41) is 6.10. The summed E-state index contributed by atoms with van der Waals surface area (Å²) in [7, 11) is 0. The van der Waals surface area contributed by atoms with E-state index in [0.29, 0.717) is 19.8 Å². The molecular weight excluding hydrogens is 370 g/mol. The summed E-state index contributed by atoms with van der Waals surface area (Å²) in [6.07, 6.45) is 4.05. The van der Waals surface area contributed by atoms with Crippen molar-refractivity contribution in [3.63, 3.8) is 0 Å². The van der Waals surface area contributed by atoms with E-state index < -0.39 is 5.54 Å². The number of benzene rings is 1. The van der Waals surface area contributed by atoms with Crippen molar-refractivity contribution >= 4 is 6.03 Å². The Morgan fingerprint density at radius 1 is 1.14 bits per heavy atom. The van der Waals surface area contributed by atoms with Crippen LogP contribution in [0.15, 0.2) is 41.0 Å². The van der Waals surface area contributed by atoms with Crippen molar-refractivity contribution in [3.05, 3.63) is 47.9 Å². The number of amides is 2. The van der Waals surface area contributed by atoms with Gasteiger partial charge in [0.1, 0.15) is 19.0 Å². The van der Waals surface area contributed by atoms with Gasteiger partial charge in [0.25, 0.3) is 0 Å². The second kappa shape index (κ2) is 8.37. The van der Waals surface area contributed by atoms with Crippen molar-refractivity contribution < 1.29 is 18.7 Å². The Morgan fingerprint density at radius 2 is 1.90 bits per heavy atom. The number of likely N-dealkylation sites (tertiary alicyclic amines) is 1. The number of hydrogen-bond donors (Lipinski definition) is 2. The lowest BCUT2D eigenvalue weighted by Crippen LogP contribution is -2.48. The molecule has 2 aliphatic rings. The van der Waals surface area contributed by atoms with Crippen LogP contribution in [0.25, 0.3) is 0 Å². The zero-order chi connectivity index (χ0) is 20.3. The first-order valence-electron chi connectivity index (χ1n) is 10.3. The number of carbonyl (C=O) groups excluding carboxylic acids is 1. The number of hydrogen-bond acceptors (Lipinski definition) is 5. The van der Waals surface area contributed by atoms with Gasteiger partial charge in [-0.15, -0.1) is 0 Å². The Balaban J connectivity index is 1.39. The Kier molecular flexibility index (Phi) is 5.67. The maximum Gasteiger partial charge on any atom is 0.315 e. The number of urea groups is 1. The maximum atomic E-state index is 12.7. The molecule has 0 aliphatic carbocycles. The van der Waals surface area contributed by atoms with Crippen molar-refractivity contribution in [2.75, 3.05) is 32.8 Å². The highest BCUT2D eigenvalue weighted by atomic mass is 16.6. The Morgan fingerprint density at radius 3 is 2.62 bits per heavy atom. The molecule has 1 saturated heterocycles. The largest absolute Gasteiger partial charge is 0.486 e. The number of furan rings is 1. The van der Waals surface area contributed by atoms with Crippen molar-refractivity contribution in [2.24, 2.45) is 0 Å². The molecule has 0 unspecified atom stereocenters. The number of rotatable bonds is 6.